The molecule has 0 radical (unpaired) electrons. The first kappa shape index (κ1) is 67.6. The predicted octanol–water partition coefficient (Wildman–Crippen LogP) is 14.2. The van der Waals surface area contributed by atoms with Gasteiger partial charge < -0.3 is 39.9 Å². The monoisotopic (exact) mass is 1030 g/mol. The van der Waals surface area contributed by atoms with E-state index in [1.165, 1.54) is 167 Å². The Kier molecular flexibility index (Phi) is 45.9. The van der Waals surface area contributed by atoms with Crippen molar-refractivity contribution in [3.05, 3.63) is 36.5 Å². The standard InChI is InChI=1S/C58H109O12P/c1-3-5-7-9-11-13-15-17-19-21-23-25-26-28-30-32-34-36-38-40-42-44-46-48-67-49-51(50-68-71(65,66)70-58-56(63)54(61)53(60)55(62)57(58)64)69-52(59)47-45-43-41-39-37-35-33-31-29-27-24-22-20-18-16-14-12-10-8-6-4-2/h16,18,22,24,29,31,51,53-58,60-64H,3-15,17,19-21,23,25-28,30,32-50H2,1-2H3,(H,65,66)/b18-16-,24-22-,31-29-. The number of ether oxygens (including phenoxy) is 2. The van der Waals surface area contributed by atoms with Crippen LogP contribution in [0.3, 0.4) is 0 Å². The summed E-state index contributed by atoms with van der Waals surface area (Å²) in [5.74, 6) is -0.484. The molecule has 0 saturated heterocycles. The Morgan fingerprint density at radius 3 is 1.20 bits per heavy atom. The van der Waals surface area contributed by atoms with Gasteiger partial charge in [0.15, 0.2) is 0 Å². The molecule has 0 aromatic rings. The second kappa shape index (κ2) is 48.2. The van der Waals surface area contributed by atoms with Gasteiger partial charge in [0.25, 0.3) is 0 Å². The number of hydrogen-bond donors (Lipinski definition) is 6. The highest BCUT2D eigenvalue weighted by atomic mass is 31.2. The fourth-order valence-corrected chi connectivity index (χ4v) is 10.1. The second-order valence-corrected chi connectivity index (χ2v) is 21.9. The van der Waals surface area contributed by atoms with Crippen LogP contribution in [0.25, 0.3) is 0 Å². The van der Waals surface area contributed by atoms with Crippen molar-refractivity contribution in [1.29, 1.82) is 0 Å². The van der Waals surface area contributed by atoms with Crippen molar-refractivity contribution in [2.45, 2.75) is 307 Å². The number of aliphatic hydroxyl groups excluding tert-OH is 5. The highest BCUT2D eigenvalue weighted by Gasteiger charge is 2.51. The number of allylic oxidation sites excluding steroid dienone is 6. The number of esters is 1. The van der Waals surface area contributed by atoms with Crippen molar-refractivity contribution in [3.8, 4) is 0 Å². The maximum atomic E-state index is 12.9. The molecule has 0 amide bonds. The number of carbonyl (C=O) groups is 1. The smallest absolute Gasteiger partial charge is 0.457 e. The number of aliphatic hydroxyl groups is 5. The molecule has 0 bridgehead atoms. The molecule has 0 aliphatic heterocycles. The maximum Gasteiger partial charge on any atom is 0.472 e. The molecule has 13 heteroatoms. The second-order valence-electron chi connectivity index (χ2n) is 20.5. The molecule has 0 heterocycles. The Morgan fingerprint density at radius 1 is 0.451 bits per heavy atom. The van der Waals surface area contributed by atoms with E-state index in [9.17, 15) is 39.8 Å². The predicted molar refractivity (Wildman–Crippen MR) is 290 cm³/mol. The van der Waals surface area contributed by atoms with Crippen LogP contribution in [-0.4, -0.2) is 98.9 Å². The third kappa shape index (κ3) is 39.6. The molecule has 6 N–H and O–H groups in total. The molecule has 12 nitrogen and oxygen atoms in total. The van der Waals surface area contributed by atoms with E-state index in [4.69, 9.17) is 18.5 Å². The van der Waals surface area contributed by atoms with Crippen LogP contribution >= 0.6 is 7.82 Å². The summed E-state index contributed by atoms with van der Waals surface area (Å²) in [6.07, 6.45) is 47.9. The molecule has 6 atom stereocenters. The molecular formula is C58H109O12P. The lowest BCUT2D eigenvalue weighted by Gasteiger charge is -2.41. The largest absolute Gasteiger partial charge is 0.472 e. The average Bonchev–Trinajstić information content (AvgIpc) is 3.36. The molecule has 0 spiro atoms. The zero-order chi connectivity index (χ0) is 51.9. The molecule has 1 aliphatic rings. The summed E-state index contributed by atoms with van der Waals surface area (Å²) in [5.41, 5.74) is 0. The van der Waals surface area contributed by atoms with Gasteiger partial charge in [0, 0.05) is 13.0 Å². The Morgan fingerprint density at radius 2 is 0.789 bits per heavy atom. The van der Waals surface area contributed by atoms with Gasteiger partial charge in [0.2, 0.25) is 0 Å². The van der Waals surface area contributed by atoms with Gasteiger partial charge in [-0.05, 0) is 51.4 Å². The van der Waals surface area contributed by atoms with E-state index < -0.39 is 63.1 Å². The van der Waals surface area contributed by atoms with Crippen LogP contribution < -0.4 is 0 Å². The highest BCUT2D eigenvalue weighted by Crippen LogP contribution is 2.47. The minimum atomic E-state index is -5.03. The van der Waals surface area contributed by atoms with Gasteiger partial charge in [-0.15, -0.1) is 0 Å². The van der Waals surface area contributed by atoms with Crippen LogP contribution in [0.15, 0.2) is 36.5 Å². The zero-order valence-electron chi connectivity index (χ0n) is 45.3. The van der Waals surface area contributed by atoms with Crippen LogP contribution in [0.2, 0.25) is 0 Å². The van der Waals surface area contributed by atoms with Crippen molar-refractivity contribution < 1.29 is 58.3 Å². The van der Waals surface area contributed by atoms with Gasteiger partial charge in [-0.1, -0.05) is 243 Å². The van der Waals surface area contributed by atoms with Crippen molar-refractivity contribution >= 4 is 13.8 Å². The van der Waals surface area contributed by atoms with E-state index in [1.807, 2.05) is 0 Å². The van der Waals surface area contributed by atoms with Gasteiger partial charge in [0.05, 0.1) is 13.2 Å². The Hall–Kier alpha value is -1.44. The fraction of sp³-hybridized carbons (Fsp3) is 0.879. The van der Waals surface area contributed by atoms with Gasteiger partial charge in [-0.3, -0.25) is 13.8 Å². The van der Waals surface area contributed by atoms with Crippen molar-refractivity contribution in [1.82, 2.24) is 0 Å². The molecule has 6 unspecified atom stereocenters. The molecule has 0 aromatic carbocycles. The molecule has 1 rings (SSSR count). The van der Waals surface area contributed by atoms with Crippen LogP contribution in [0, 0.1) is 0 Å². The molecule has 418 valence electrons. The van der Waals surface area contributed by atoms with Gasteiger partial charge in [-0.2, -0.15) is 0 Å². The van der Waals surface area contributed by atoms with E-state index in [1.54, 1.807) is 0 Å². The van der Waals surface area contributed by atoms with Crippen LogP contribution in [0.5, 0.6) is 0 Å². The molecule has 1 fully saturated rings. The average molecular weight is 1030 g/mol. The summed E-state index contributed by atoms with van der Waals surface area (Å²) in [7, 11) is -5.03. The summed E-state index contributed by atoms with van der Waals surface area (Å²) in [4.78, 5) is 23.3. The molecular weight excluding hydrogens is 920 g/mol. The lowest BCUT2D eigenvalue weighted by atomic mass is 9.85. The van der Waals surface area contributed by atoms with Gasteiger partial charge in [0.1, 0.15) is 42.7 Å². The SMILES string of the molecule is CCCCCCC/C=C\C/C=C\C/C=C\CCCCCCCCC(=O)OC(COCCCCCCCCCCCCCCCCCCCCCCCCC)COP(=O)(O)OC1C(O)C(O)C(O)C(O)C1O. The van der Waals surface area contributed by atoms with Crippen molar-refractivity contribution in [3.63, 3.8) is 0 Å². The van der Waals surface area contributed by atoms with E-state index >= 15 is 0 Å². The number of carbonyl (C=O) groups excluding carboxylic acids is 1. The highest BCUT2D eigenvalue weighted by molar-refractivity contribution is 7.47. The first-order valence-electron chi connectivity index (χ1n) is 29.3. The lowest BCUT2D eigenvalue weighted by molar-refractivity contribution is -0.220. The number of phosphoric ester groups is 1. The molecule has 1 saturated carbocycles. The lowest BCUT2D eigenvalue weighted by Crippen LogP contribution is -2.64. The zero-order valence-corrected chi connectivity index (χ0v) is 46.2. The first-order chi connectivity index (χ1) is 34.5. The molecule has 1 aliphatic carbocycles. The summed E-state index contributed by atoms with van der Waals surface area (Å²) in [6, 6.07) is 0. The number of phosphoric acid groups is 1. The van der Waals surface area contributed by atoms with Crippen molar-refractivity contribution in [2.24, 2.45) is 0 Å². The Labute approximate surface area is 433 Å². The quantitative estimate of drug-likeness (QED) is 0.0146. The van der Waals surface area contributed by atoms with Crippen LogP contribution in [-0.2, 0) is 27.9 Å². The van der Waals surface area contributed by atoms with E-state index in [2.05, 4.69) is 50.3 Å². The fourth-order valence-electron chi connectivity index (χ4n) is 9.13. The Bertz CT molecular complexity index is 1310. The Balaban J connectivity index is 2.28. The topological polar surface area (TPSA) is 192 Å². The molecule has 0 aromatic heterocycles. The van der Waals surface area contributed by atoms with Crippen LogP contribution in [0.1, 0.15) is 264 Å². The number of hydrogen-bond acceptors (Lipinski definition) is 11. The summed E-state index contributed by atoms with van der Waals surface area (Å²) < 4.78 is 34.4. The van der Waals surface area contributed by atoms with Gasteiger partial charge in [-0.25, -0.2) is 4.57 Å². The van der Waals surface area contributed by atoms with Gasteiger partial charge >= 0.3 is 13.8 Å². The third-order valence-electron chi connectivity index (χ3n) is 13.8. The maximum absolute atomic E-state index is 12.9. The number of rotatable bonds is 51. The summed E-state index contributed by atoms with van der Waals surface area (Å²) >= 11 is 0. The third-order valence-corrected chi connectivity index (χ3v) is 14.8. The van der Waals surface area contributed by atoms with E-state index in [0.29, 0.717) is 13.0 Å². The van der Waals surface area contributed by atoms with E-state index in [0.717, 1.165) is 70.6 Å². The van der Waals surface area contributed by atoms with E-state index in [-0.39, 0.29) is 13.0 Å². The summed E-state index contributed by atoms with van der Waals surface area (Å²) in [5, 5.41) is 50.4. The van der Waals surface area contributed by atoms with Crippen molar-refractivity contribution in [2.75, 3.05) is 19.8 Å². The minimum Gasteiger partial charge on any atom is -0.457 e. The summed E-state index contributed by atoms with van der Waals surface area (Å²) in [6.45, 7) is 4.29. The first-order valence-corrected chi connectivity index (χ1v) is 30.8. The minimum absolute atomic E-state index is 0.0786. The van der Waals surface area contributed by atoms with Crippen LogP contribution in [0.4, 0.5) is 0 Å². The molecule has 71 heavy (non-hydrogen) atoms. The number of unbranched alkanes of at least 4 members (excludes halogenated alkanes) is 33. The normalized spacial score (nSPS) is 21.0.